The maximum atomic E-state index is 4.66. The number of anilines is 1. The summed E-state index contributed by atoms with van der Waals surface area (Å²) in [5.41, 5.74) is 1.31. The fraction of sp³-hybridized carbons (Fsp3) is 0.500. The second kappa shape index (κ2) is 6.24. The molecule has 0 radical (unpaired) electrons. The molecule has 3 heterocycles. The first-order valence-electron chi connectivity index (χ1n) is 8.48. The number of likely N-dealkylation sites (tertiary alicyclic amines) is 1. The summed E-state index contributed by atoms with van der Waals surface area (Å²) in [5, 5.41) is 3.53. The molecular weight excluding hydrogens is 286 g/mol. The van der Waals surface area contributed by atoms with Gasteiger partial charge in [0.15, 0.2) is 0 Å². The van der Waals surface area contributed by atoms with E-state index in [-0.39, 0.29) is 0 Å². The molecule has 0 spiro atoms. The van der Waals surface area contributed by atoms with Gasteiger partial charge in [0, 0.05) is 37.1 Å². The van der Waals surface area contributed by atoms with Crippen molar-refractivity contribution in [2.75, 3.05) is 25.5 Å². The molecule has 0 aromatic carbocycles. The van der Waals surface area contributed by atoms with Gasteiger partial charge in [-0.3, -0.25) is 9.88 Å². The lowest BCUT2D eigenvalue weighted by Gasteiger charge is -2.25. The van der Waals surface area contributed by atoms with Gasteiger partial charge in [0.05, 0.1) is 0 Å². The number of hydrogen-bond donors (Lipinski definition) is 1. The molecule has 2 aromatic heterocycles. The van der Waals surface area contributed by atoms with Crippen LogP contribution in [0.3, 0.4) is 0 Å². The maximum absolute atomic E-state index is 4.66. The van der Waals surface area contributed by atoms with Gasteiger partial charge in [-0.2, -0.15) is 0 Å². The Morgan fingerprint density at radius 2 is 2.13 bits per heavy atom. The highest BCUT2D eigenvalue weighted by Gasteiger charge is 2.33. The Hall–Kier alpha value is -2.01. The zero-order valence-electron chi connectivity index (χ0n) is 13.5. The lowest BCUT2D eigenvalue weighted by atomic mass is 9.95. The van der Waals surface area contributed by atoms with Gasteiger partial charge in [-0.15, -0.1) is 0 Å². The van der Waals surface area contributed by atoms with Crippen molar-refractivity contribution >= 4 is 5.82 Å². The third kappa shape index (κ3) is 3.20. The third-order valence-corrected chi connectivity index (χ3v) is 4.96. The largest absolute Gasteiger partial charge is 0.370 e. The second-order valence-electron chi connectivity index (χ2n) is 6.72. The average molecular weight is 309 g/mol. The Morgan fingerprint density at radius 1 is 1.22 bits per heavy atom. The second-order valence-corrected chi connectivity index (χ2v) is 6.72. The van der Waals surface area contributed by atoms with E-state index in [9.17, 15) is 0 Å². The van der Waals surface area contributed by atoms with Crippen molar-refractivity contribution in [3.05, 3.63) is 48.2 Å². The standard InChI is InChI=1S/C18H23N5/c1-23-10-7-15(17(23)14-3-2-8-19-11-14)12-21-16-6-9-20-18(22-16)13-4-5-13/h2-3,6,8-9,11,13,15,17H,4-5,7,10,12H2,1H3,(H,20,21,22)/t15-,17-/m0/s1. The fourth-order valence-electron chi connectivity index (χ4n) is 3.56. The van der Waals surface area contributed by atoms with Gasteiger partial charge >= 0.3 is 0 Å². The van der Waals surface area contributed by atoms with Crippen molar-refractivity contribution in [2.24, 2.45) is 5.92 Å². The van der Waals surface area contributed by atoms with Crippen LogP contribution >= 0.6 is 0 Å². The first-order chi connectivity index (χ1) is 11.3. The van der Waals surface area contributed by atoms with E-state index in [2.05, 4.69) is 38.3 Å². The number of aromatic nitrogens is 3. The molecule has 23 heavy (non-hydrogen) atoms. The van der Waals surface area contributed by atoms with Crippen molar-refractivity contribution in [3.63, 3.8) is 0 Å². The van der Waals surface area contributed by atoms with Crippen LogP contribution in [-0.4, -0.2) is 40.0 Å². The van der Waals surface area contributed by atoms with E-state index in [1.54, 1.807) is 0 Å². The van der Waals surface area contributed by atoms with Crippen LogP contribution in [-0.2, 0) is 0 Å². The molecule has 5 nitrogen and oxygen atoms in total. The summed E-state index contributed by atoms with van der Waals surface area (Å²) in [7, 11) is 2.20. The smallest absolute Gasteiger partial charge is 0.133 e. The van der Waals surface area contributed by atoms with Gasteiger partial charge in [0.1, 0.15) is 11.6 Å². The number of nitrogens with one attached hydrogen (secondary N) is 1. The first-order valence-corrected chi connectivity index (χ1v) is 8.48. The lowest BCUT2D eigenvalue weighted by Crippen LogP contribution is -2.25. The highest BCUT2D eigenvalue weighted by Crippen LogP contribution is 2.38. The monoisotopic (exact) mass is 309 g/mol. The summed E-state index contributed by atoms with van der Waals surface area (Å²) in [4.78, 5) is 15.8. The molecule has 2 atom stereocenters. The maximum Gasteiger partial charge on any atom is 0.133 e. The molecule has 2 fully saturated rings. The minimum absolute atomic E-state index is 0.431. The topological polar surface area (TPSA) is 53.9 Å². The number of pyridine rings is 1. The Morgan fingerprint density at radius 3 is 2.91 bits per heavy atom. The van der Waals surface area contributed by atoms with Gasteiger partial charge in [-0.1, -0.05) is 6.07 Å². The van der Waals surface area contributed by atoms with Crippen LogP contribution in [0.25, 0.3) is 0 Å². The number of nitrogens with zero attached hydrogens (tertiary/aromatic N) is 4. The Kier molecular flexibility index (Phi) is 3.95. The average Bonchev–Trinajstić information content (AvgIpc) is 3.38. The van der Waals surface area contributed by atoms with Crippen molar-refractivity contribution in [2.45, 2.75) is 31.2 Å². The summed E-state index contributed by atoms with van der Waals surface area (Å²) in [5.74, 6) is 3.13. The van der Waals surface area contributed by atoms with Crippen molar-refractivity contribution < 1.29 is 0 Å². The fourth-order valence-corrected chi connectivity index (χ4v) is 3.56. The SMILES string of the molecule is CN1CC[C@@H](CNc2ccnc(C3CC3)n2)[C@@H]1c1cccnc1. The zero-order chi connectivity index (χ0) is 15.6. The summed E-state index contributed by atoms with van der Waals surface area (Å²) in [6.45, 7) is 2.06. The van der Waals surface area contributed by atoms with E-state index < -0.39 is 0 Å². The summed E-state index contributed by atoms with van der Waals surface area (Å²) in [6, 6.07) is 6.62. The zero-order valence-corrected chi connectivity index (χ0v) is 13.5. The highest BCUT2D eigenvalue weighted by molar-refractivity contribution is 5.34. The summed E-state index contributed by atoms with van der Waals surface area (Å²) in [6.07, 6.45) is 9.38. The van der Waals surface area contributed by atoms with E-state index in [4.69, 9.17) is 0 Å². The van der Waals surface area contributed by atoms with Gasteiger partial charge in [0.25, 0.3) is 0 Å². The highest BCUT2D eigenvalue weighted by atomic mass is 15.2. The number of hydrogen-bond acceptors (Lipinski definition) is 5. The first kappa shape index (κ1) is 14.6. The van der Waals surface area contributed by atoms with Crippen molar-refractivity contribution in [3.8, 4) is 0 Å². The molecule has 4 rings (SSSR count). The van der Waals surface area contributed by atoms with E-state index in [0.29, 0.717) is 17.9 Å². The predicted octanol–water partition coefficient (Wildman–Crippen LogP) is 2.85. The minimum atomic E-state index is 0.431. The summed E-state index contributed by atoms with van der Waals surface area (Å²) >= 11 is 0. The molecule has 2 aromatic rings. The molecule has 1 N–H and O–H groups in total. The van der Waals surface area contributed by atoms with Crippen LogP contribution in [0.2, 0.25) is 0 Å². The van der Waals surface area contributed by atoms with Gasteiger partial charge in [-0.05, 0) is 56.5 Å². The van der Waals surface area contributed by atoms with E-state index in [0.717, 1.165) is 24.7 Å². The minimum Gasteiger partial charge on any atom is -0.370 e. The van der Waals surface area contributed by atoms with Gasteiger partial charge < -0.3 is 5.32 Å². The Labute approximate surface area is 137 Å². The molecule has 1 saturated heterocycles. The Balaban J connectivity index is 1.44. The molecular formula is C18H23N5. The van der Waals surface area contributed by atoms with Gasteiger partial charge in [0.2, 0.25) is 0 Å². The molecule has 1 saturated carbocycles. The summed E-state index contributed by atoms with van der Waals surface area (Å²) < 4.78 is 0. The van der Waals surface area contributed by atoms with Crippen molar-refractivity contribution in [1.29, 1.82) is 0 Å². The molecule has 120 valence electrons. The van der Waals surface area contributed by atoms with Crippen LogP contribution in [0.15, 0.2) is 36.8 Å². The molecule has 0 bridgehead atoms. The lowest BCUT2D eigenvalue weighted by molar-refractivity contribution is 0.281. The van der Waals surface area contributed by atoms with Gasteiger partial charge in [-0.25, -0.2) is 9.97 Å². The van der Waals surface area contributed by atoms with E-state index in [1.807, 2.05) is 30.7 Å². The quantitative estimate of drug-likeness (QED) is 0.920. The van der Waals surface area contributed by atoms with E-state index in [1.165, 1.54) is 24.8 Å². The normalized spacial score (nSPS) is 24.7. The van der Waals surface area contributed by atoms with E-state index >= 15 is 0 Å². The molecule has 1 aliphatic heterocycles. The third-order valence-electron chi connectivity index (χ3n) is 4.96. The molecule has 2 aliphatic rings. The van der Waals surface area contributed by atoms with Crippen LogP contribution < -0.4 is 5.32 Å². The van der Waals surface area contributed by atoms with Crippen molar-refractivity contribution in [1.82, 2.24) is 19.9 Å². The van der Waals surface area contributed by atoms with Crippen LogP contribution in [0, 0.1) is 5.92 Å². The van der Waals surface area contributed by atoms with Crippen LogP contribution in [0.1, 0.15) is 42.6 Å². The van der Waals surface area contributed by atoms with Crippen LogP contribution in [0.5, 0.6) is 0 Å². The molecule has 0 unspecified atom stereocenters. The molecule has 0 amide bonds. The molecule has 1 aliphatic carbocycles. The predicted molar refractivity (Wildman–Crippen MR) is 90.2 cm³/mol. The van der Waals surface area contributed by atoms with Crippen LogP contribution in [0.4, 0.5) is 5.82 Å². The number of rotatable bonds is 5. The molecule has 5 heteroatoms. The Bertz CT molecular complexity index is 655.